The smallest absolute Gasteiger partial charge is 0.343 e. The number of aromatic carboxylic acids is 1. The molecule has 21 heavy (non-hydrogen) atoms. The molecule has 0 amide bonds. The molecular weight excluding hydrogens is 272 g/mol. The van der Waals surface area contributed by atoms with E-state index in [0.29, 0.717) is 11.4 Å². The summed E-state index contributed by atoms with van der Waals surface area (Å²) in [6.45, 7) is 5.61. The van der Waals surface area contributed by atoms with Crippen molar-refractivity contribution in [2.24, 2.45) is 0 Å². The summed E-state index contributed by atoms with van der Waals surface area (Å²) in [5.41, 5.74) is 0.298. The monoisotopic (exact) mass is 290 g/mol. The number of rotatable bonds is 3. The number of phenolic OH excluding ortho intramolecular Hbond substituents is 1. The maximum atomic E-state index is 11.6. The van der Waals surface area contributed by atoms with Gasteiger partial charge in [-0.15, -0.1) is 0 Å². The van der Waals surface area contributed by atoms with E-state index in [1.54, 1.807) is 18.2 Å². The number of carboxylic acid groups (broad SMARTS) is 1. The van der Waals surface area contributed by atoms with Crippen LogP contribution in [0.3, 0.4) is 0 Å². The zero-order valence-corrected chi connectivity index (χ0v) is 12.4. The first-order valence-corrected chi connectivity index (χ1v) is 6.46. The van der Waals surface area contributed by atoms with Crippen molar-refractivity contribution in [3.8, 4) is 17.3 Å². The SMILES string of the molecule is COc1c(C(=O)O)c(C(C)(C)C)nn1-c1ccccc1O. The molecule has 6 nitrogen and oxygen atoms in total. The number of phenols is 1. The van der Waals surface area contributed by atoms with Gasteiger partial charge in [-0.25, -0.2) is 4.79 Å². The fourth-order valence-electron chi connectivity index (χ4n) is 2.12. The van der Waals surface area contributed by atoms with Crippen molar-refractivity contribution in [2.45, 2.75) is 26.2 Å². The molecular formula is C15H18N2O4. The fraction of sp³-hybridized carbons (Fsp3) is 0.333. The van der Waals surface area contributed by atoms with Crippen LogP contribution in [0, 0.1) is 0 Å². The highest BCUT2D eigenvalue weighted by molar-refractivity contribution is 5.92. The topological polar surface area (TPSA) is 84.6 Å². The number of hydrogen-bond donors (Lipinski definition) is 2. The Bertz CT molecular complexity index is 683. The molecule has 1 aromatic heterocycles. The third-order valence-electron chi connectivity index (χ3n) is 3.07. The number of ether oxygens (including phenoxy) is 1. The third kappa shape index (κ3) is 2.56. The zero-order valence-electron chi connectivity index (χ0n) is 12.4. The molecule has 0 bridgehead atoms. The van der Waals surface area contributed by atoms with E-state index < -0.39 is 11.4 Å². The first-order chi connectivity index (χ1) is 9.77. The Balaban J connectivity index is 2.80. The maximum Gasteiger partial charge on any atom is 0.343 e. The average Bonchev–Trinajstić information content (AvgIpc) is 2.78. The van der Waals surface area contributed by atoms with E-state index in [4.69, 9.17) is 4.74 Å². The lowest BCUT2D eigenvalue weighted by atomic mass is 9.89. The highest BCUT2D eigenvalue weighted by Crippen LogP contribution is 2.35. The van der Waals surface area contributed by atoms with E-state index in [0.717, 1.165) is 0 Å². The van der Waals surface area contributed by atoms with Crippen LogP contribution >= 0.6 is 0 Å². The Morgan fingerprint density at radius 2 is 1.90 bits per heavy atom. The molecule has 2 N–H and O–H groups in total. The molecule has 0 fully saturated rings. The largest absolute Gasteiger partial charge is 0.506 e. The second-order valence-corrected chi connectivity index (χ2v) is 5.69. The van der Waals surface area contributed by atoms with Crippen molar-refractivity contribution >= 4 is 5.97 Å². The number of carboxylic acids is 1. The molecule has 1 heterocycles. The van der Waals surface area contributed by atoms with Gasteiger partial charge in [-0.1, -0.05) is 32.9 Å². The van der Waals surface area contributed by atoms with Gasteiger partial charge >= 0.3 is 5.97 Å². The number of hydrogen-bond acceptors (Lipinski definition) is 4. The minimum Gasteiger partial charge on any atom is -0.506 e. The fourth-order valence-corrected chi connectivity index (χ4v) is 2.12. The minimum absolute atomic E-state index is 0.00398. The molecule has 0 aliphatic carbocycles. The van der Waals surface area contributed by atoms with Gasteiger partial charge in [0.2, 0.25) is 5.88 Å². The Morgan fingerprint density at radius 1 is 1.29 bits per heavy atom. The predicted octanol–water partition coefficient (Wildman–Crippen LogP) is 2.58. The van der Waals surface area contributed by atoms with Crippen molar-refractivity contribution in [2.75, 3.05) is 7.11 Å². The van der Waals surface area contributed by atoms with Crippen LogP contribution in [0.15, 0.2) is 24.3 Å². The van der Waals surface area contributed by atoms with Crippen LogP contribution in [0.25, 0.3) is 5.69 Å². The summed E-state index contributed by atoms with van der Waals surface area (Å²) in [5, 5.41) is 23.8. The van der Waals surface area contributed by atoms with Gasteiger partial charge in [0.25, 0.3) is 0 Å². The number of aromatic hydroxyl groups is 1. The van der Waals surface area contributed by atoms with Gasteiger partial charge in [0, 0.05) is 5.41 Å². The van der Waals surface area contributed by atoms with Gasteiger partial charge in [0.15, 0.2) is 0 Å². The molecule has 0 radical (unpaired) electrons. The van der Waals surface area contributed by atoms with Crippen molar-refractivity contribution in [3.05, 3.63) is 35.5 Å². The molecule has 112 valence electrons. The van der Waals surface area contributed by atoms with Crippen LogP contribution < -0.4 is 4.74 Å². The van der Waals surface area contributed by atoms with Crippen LogP contribution in [0.5, 0.6) is 11.6 Å². The summed E-state index contributed by atoms with van der Waals surface area (Å²) < 4.78 is 6.55. The number of methoxy groups -OCH3 is 1. The lowest BCUT2D eigenvalue weighted by molar-refractivity contribution is 0.0690. The number of aromatic nitrogens is 2. The summed E-state index contributed by atoms with van der Waals surface area (Å²) in [5.74, 6) is -1.02. The summed E-state index contributed by atoms with van der Waals surface area (Å²) in [6.07, 6.45) is 0. The predicted molar refractivity (Wildman–Crippen MR) is 77.4 cm³/mol. The summed E-state index contributed by atoms with van der Waals surface area (Å²) in [4.78, 5) is 11.6. The number of carbonyl (C=O) groups is 1. The Kier molecular flexibility index (Phi) is 3.63. The zero-order chi connectivity index (χ0) is 15.8. The van der Waals surface area contributed by atoms with Crippen molar-refractivity contribution in [1.82, 2.24) is 9.78 Å². The van der Waals surface area contributed by atoms with E-state index >= 15 is 0 Å². The molecule has 0 saturated heterocycles. The van der Waals surface area contributed by atoms with Crippen LogP contribution in [-0.4, -0.2) is 33.1 Å². The molecule has 1 aromatic carbocycles. The van der Waals surface area contributed by atoms with Gasteiger partial charge in [-0.05, 0) is 12.1 Å². The van der Waals surface area contributed by atoms with Crippen LogP contribution in [-0.2, 0) is 5.41 Å². The van der Waals surface area contributed by atoms with Gasteiger partial charge in [-0.3, -0.25) is 0 Å². The molecule has 0 saturated carbocycles. The second-order valence-electron chi connectivity index (χ2n) is 5.69. The third-order valence-corrected chi connectivity index (χ3v) is 3.07. The molecule has 2 rings (SSSR count). The molecule has 0 aliphatic rings. The van der Waals surface area contributed by atoms with Crippen molar-refractivity contribution in [1.29, 1.82) is 0 Å². The maximum absolute atomic E-state index is 11.6. The van der Waals surface area contributed by atoms with Gasteiger partial charge in [-0.2, -0.15) is 9.78 Å². The average molecular weight is 290 g/mol. The normalized spacial score (nSPS) is 11.4. The van der Waals surface area contributed by atoms with Gasteiger partial charge < -0.3 is 14.9 Å². The van der Waals surface area contributed by atoms with Crippen molar-refractivity contribution in [3.63, 3.8) is 0 Å². The van der Waals surface area contributed by atoms with E-state index in [-0.39, 0.29) is 17.2 Å². The van der Waals surface area contributed by atoms with Gasteiger partial charge in [0.1, 0.15) is 17.0 Å². The highest BCUT2D eigenvalue weighted by Gasteiger charge is 2.32. The molecule has 0 unspecified atom stereocenters. The molecule has 0 aliphatic heterocycles. The second kappa shape index (κ2) is 5.12. The minimum atomic E-state index is -1.11. The van der Waals surface area contributed by atoms with Crippen LogP contribution in [0.2, 0.25) is 0 Å². The molecule has 0 spiro atoms. The molecule has 0 atom stereocenters. The number of para-hydroxylation sites is 2. The van der Waals surface area contributed by atoms with Crippen LogP contribution in [0.1, 0.15) is 36.8 Å². The first kappa shape index (κ1) is 14.9. The quantitative estimate of drug-likeness (QED) is 0.907. The summed E-state index contributed by atoms with van der Waals surface area (Å²) in [7, 11) is 1.38. The lowest BCUT2D eigenvalue weighted by Gasteiger charge is -2.15. The standard InChI is InChI=1S/C15H18N2O4/c1-15(2,3)12-11(14(19)20)13(21-4)17(16-12)9-7-5-6-8-10(9)18/h5-8,18H,1-4H3,(H,19,20). The van der Waals surface area contributed by atoms with E-state index in [9.17, 15) is 15.0 Å². The Morgan fingerprint density at radius 3 is 2.38 bits per heavy atom. The van der Waals surface area contributed by atoms with Crippen molar-refractivity contribution < 1.29 is 19.7 Å². The molecule has 2 aromatic rings. The first-order valence-electron chi connectivity index (χ1n) is 6.46. The number of benzene rings is 1. The molecule has 6 heteroatoms. The Labute approximate surface area is 122 Å². The van der Waals surface area contributed by atoms with Crippen LogP contribution in [0.4, 0.5) is 0 Å². The van der Waals surface area contributed by atoms with Gasteiger partial charge in [0.05, 0.1) is 12.8 Å². The Hall–Kier alpha value is -2.50. The summed E-state index contributed by atoms with van der Waals surface area (Å²) in [6, 6.07) is 6.56. The lowest BCUT2D eigenvalue weighted by Crippen LogP contribution is -2.16. The number of nitrogens with zero attached hydrogens (tertiary/aromatic N) is 2. The van der Waals surface area contributed by atoms with E-state index in [1.807, 2.05) is 20.8 Å². The summed E-state index contributed by atoms with van der Waals surface area (Å²) >= 11 is 0. The highest BCUT2D eigenvalue weighted by atomic mass is 16.5. The van der Waals surface area contributed by atoms with E-state index in [2.05, 4.69) is 5.10 Å². The van der Waals surface area contributed by atoms with E-state index in [1.165, 1.54) is 17.9 Å².